The Bertz CT molecular complexity index is 254. The Morgan fingerprint density at radius 2 is 2.54 bits per heavy atom. The zero-order chi connectivity index (χ0) is 9.42. The minimum atomic E-state index is -0.0656. The minimum absolute atomic E-state index is 0.0220. The molecule has 2 heterocycles. The quantitative estimate of drug-likeness (QED) is 0.565. The molecular weight excluding hydrogens is 172 g/mol. The molecule has 72 valence electrons. The molecule has 0 aliphatic carbocycles. The van der Waals surface area contributed by atoms with Gasteiger partial charge in [0.15, 0.2) is 0 Å². The molecule has 5 heteroatoms. The lowest BCUT2D eigenvalue weighted by molar-refractivity contribution is -0.156. The zero-order valence-electron chi connectivity index (χ0n) is 7.45. The van der Waals surface area contributed by atoms with Gasteiger partial charge in [0.05, 0.1) is 19.1 Å². The van der Waals surface area contributed by atoms with Crippen LogP contribution in [0.5, 0.6) is 0 Å². The molecule has 0 bridgehead atoms. The third kappa shape index (κ3) is 1.51. The highest BCUT2D eigenvalue weighted by atomic mass is 16.5. The van der Waals surface area contributed by atoms with Gasteiger partial charge in [0.1, 0.15) is 6.23 Å². The van der Waals surface area contributed by atoms with Crippen molar-refractivity contribution in [2.24, 2.45) is 0 Å². The number of hydrogen-bond donors (Lipinski definition) is 1. The van der Waals surface area contributed by atoms with E-state index in [0.717, 1.165) is 0 Å². The van der Waals surface area contributed by atoms with E-state index in [2.05, 4.69) is 5.32 Å². The molecule has 0 saturated carbocycles. The first-order valence-corrected chi connectivity index (χ1v) is 4.36. The average Bonchev–Trinajstić information content (AvgIpc) is 2.39. The van der Waals surface area contributed by atoms with E-state index in [9.17, 15) is 9.59 Å². The normalized spacial score (nSPS) is 31.2. The molecule has 2 aliphatic heterocycles. The van der Waals surface area contributed by atoms with Gasteiger partial charge in [-0.25, -0.2) is 0 Å². The Morgan fingerprint density at radius 3 is 3.08 bits per heavy atom. The van der Waals surface area contributed by atoms with Crippen LogP contribution in [0, 0.1) is 0 Å². The van der Waals surface area contributed by atoms with Gasteiger partial charge in [-0.1, -0.05) is 0 Å². The van der Waals surface area contributed by atoms with Crippen LogP contribution in [0.4, 0.5) is 0 Å². The lowest BCUT2D eigenvalue weighted by Crippen LogP contribution is -2.48. The Labute approximate surface area is 76.0 Å². The van der Waals surface area contributed by atoms with Crippen LogP contribution < -0.4 is 5.32 Å². The molecule has 2 amide bonds. The van der Waals surface area contributed by atoms with Crippen molar-refractivity contribution in [1.29, 1.82) is 0 Å². The summed E-state index contributed by atoms with van der Waals surface area (Å²) in [5.74, 6) is 0.0829. The van der Waals surface area contributed by atoms with Crippen LogP contribution in [0.1, 0.15) is 13.3 Å². The molecule has 0 aromatic carbocycles. The van der Waals surface area contributed by atoms with E-state index >= 15 is 0 Å². The highest BCUT2D eigenvalue weighted by Crippen LogP contribution is 2.27. The van der Waals surface area contributed by atoms with Gasteiger partial charge in [0, 0.05) is 13.5 Å². The summed E-state index contributed by atoms with van der Waals surface area (Å²) in [5, 5.41) is 2.67. The number of hydrogen-bond acceptors (Lipinski definition) is 3. The molecule has 2 saturated heterocycles. The molecule has 13 heavy (non-hydrogen) atoms. The summed E-state index contributed by atoms with van der Waals surface area (Å²) in [6.45, 7) is 2.58. The van der Waals surface area contributed by atoms with Gasteiger partial charge < -0.3 is 15.0 Å². The zero-order valence-corrected chi connectivity index (χ0v) is 7.45. The van der Waals surface area contributed by atoms with E-state index in [0.29, 0.717) is 19.5 Å². The standard InChI is InChI=1S/C8H12N2O3/c1-5(11)9-3-6-4-10-7(12)2-8(10)13-6/h6,8H,2-4H2,1H3,(H,9,11)/t6-,8+/m1/s1. The van der Waals surface area contributed by atoms with Crippen molar-refractivity contribution >= 4 is 11.8 Å². The number of nitrogens with zero attached hydrogens (tertiary/aromatic N) is 1. The maximum atomic E-state index is 11.0. The Balaban J connectivity index is 1.78. The molecule has 2 fully saturated rings. The average molecular weight is 184 g/mol. The summed E-state index contributed by atoms with van der Waals surface area (Å²) >= 11 is 0. The maximum Gasteiger partial charge on any atom is 0.229 e. The van der Waals surface area contributed by atoms with Crippen LogP contribution in [-0.4, -0.2) is 42.1 Å². The largest absolute Gasteiger partial charge is 0.354 e. The van der Waals surface area contributed by atoms with Gasteiger partial charge in [-0.3, -0.25) is 9.59 Å². The second kappa shape index (κ2) is 2.99. The van der Waals surface area contributed by atoms with Crippen LogP contribution >= 0.6 is 0 Å². The topological polar surface area (TPSA) is 58.6 Å². The molecule has 2 aliphatic rings. The number of fused-ring (bicyclic) bond motifs is 1. The minimum Gasteiger partial charge on any atom is -0.354 e. The molecule has 0 aromatic heterocycles. The highest BCUT2D eigenvalue weighted by molar-refractivity contribution is 5.83. The van der Waals surface area contributed by atoms with Crippen LogP contribution in [0.15, 0.2) is 0 Å². The van der Waals surface area contributed by atoms with Gasteiger partial charge >= 0.3 is 0 Å². The number of carbonyl (C=O) groups is 2. The van der Waals surface area contributed by atoms with Crippen LogP contribution in [0.25, 0.3) is 0 Å². The molecule has 0 unspecified atom stereocenters. The smallest absolute Gasteiger partial charge is 0.229 e. The number of carbonyl (C=O) groups excluding carboxylic acids is 2. The third-order valence-electron chi connectivity index (χ3n) is 2.35. The first-order chi connectivity index (χ1) is 6.16. The van der Waals surface area contributed by atoms with Crippen molar-refractivity contribution < 1.29 is 14.3 Å². The van der Waals surface area contributed by atoms with Gasteiger partial charge in [-0.2, -0.15) is 0 Å². The van der Waals surface area contributed by atoms with E-state index in [-0.39, 0.29) is 24.1 Å². The van der Waals surface area contributed by atoms with Crippen molar-refractivity contribution in [1.82, 2.24) is 10.2 Å². The summed E-state index contributed by atoms with van der Waals surface area (Å²) < 4.78 is 5.47. The fraction of sp³-hybridized carbons (Fsp3) is 0.750. The van der Waals surface area contributed by atoms with E-state index in [1.165, 1.54) is 6.92 Å². The number of rotatable bonds is 2. The number of amides is 2. The maximum absolute atomic E-state index is 11.0. The highest BCUT2D eigenvalue weighted by Gasteiger charge is 2.44. The van der Waals surface area contributed by atoms with Gasteiger partial charge in [-0.15, -0.1) is 0 Å². The number of ether oxygens (including phenoxy) is 1. The van der Waals surface area contributed by atoms with E-state index in [4.69, 9.17) is 4.74 Å². The first-order valence-electron chi connectivity index (χ1n) is 4.36. The molecule has 2 rings (SSSR count). The number of β-lactam (4-membered cyclic amide) rings is 1. The van der Waals surface area contributed by atoms with Crippen LogP contribution in [0.2, 0.25) is 0 Å². The summed E-state index contributed by atoms with van der Waals surface area (Å²) in [5.41, 5.74) is 0. The van der Waals surface area contributed by atoms with Crippen LogP contribution in [-0.2, 0) is 14.3 Å². The molecule has 0 radical (unpaired) electrons. The Morgan fingerprint density at radius 1 is 1.77 bits per heavy atom. The van der Waals surface area contributed by atoms with Crippen molar-refractivity contribution in [3.63, 3.8) is 0 Å². The fourth-order valence-electron chi connectivity index (χ4n) is 1.62. The monoisotopic (exact) mass is 184 g/mol. The van der Waals surface area contributed by atoms with E-state index < -0.39 is 0 Å². The lowest BCUT2D eigenvalue weighted by atomic mass is 10.2. The summed E-state index contributed by atoms with van der Waals surface area (Å²) in [6, 6.07) is 0. The molecule has 2 atom stereocenters. The summed E-state index contributed by atoms with van der Waals surface area (Å²) in [6.07, 6.45) is 0.447. The van der Waals surface area contributed by atoms with Crippen molar-refractivity contribution in [2.75, 3.05) is 13.1 Å². The second-order valence-electron chi connectivity index (χ2n) is 3.40. The predicted octanol–water partition coefficient (Wildman–Crippen LogP) is -0.920. The molecule has 5 nitrogen and oxygen atoms in total. The molecular formula is C8H12N2O3. The summed E-state index contributed by atoms with van der Waals surface area (Å²) in [4.78, 5) is 23.3. The SMILES string of the molecule is CC(=O)NC[C@@H]1CN2C(=O)C[C@@H]2O1. The van der Waals surface area contributed by atoms with E-state index in [1.54, 1.807) is 4.90 Å². The Hall–Kier alpha value is -1.10. The van der Waals surface area contributed by atoms with Gasteiger partial charge in [0.2, 0.25) is 11.8 Å². The lowest BCUT2D eigenvalue weighted by Gasteiger charge is -2.31. The van der Waals surface area contributed by atoms with Gasteiger partial charge in [-0.05, 0) is 0 Å². The second-order valence-corrected chi connectivity index (χ2v) is 3.40. The molecule has 0 spiro atoms. The molecule has 1 N–H and O–H groups in total. The number of nitrogens with one attached hydrogen (secondary N) is 1. The fourth-order valence-corrected chi connectivity index (χ4v) is 1.62. The van der Waals surface area contributed by atoms with Crippen molar-refractivity contribution in [3.8, 4) is 0 Å². The van der Waals surface area contributed by atoms with Crippen LogP contribution in [0.3, 0.4) is 0 Å². The predicted molar refractivity (Wildman–Crippen MR) is 43.7 cm³/mol. The first kappa shape index (κ1) is 8.50. The molecule has 0 aromatic rings. The van der Waals surface area contributed by atoms with Gasteiger partial charge in [0.25, 0.3) is 0 Å². The third-order valence-corrected chi connectivity index (χ3v) is 2.35. The van der Waals surface area contributed by atoms with Crippen molar-refractivity contribution in [3.05, 3.63) is 0 Å². The van der Waals surface area contributed by atoms with E-state index in [1.807, 2.05) is 0 Å². The van der Waals surface area contributed by atoms with Crippen molar-refractivity contribution in [2.45, 2.75) is 25.7 Å². The summed E-state index contributed by atoms with van der Waals surface area (Å²) in [7, 11) is 0. The Kier molecular flexibility index (Phi) is 1.95.